The third-order valence-corrected chi connectivity index (χ3v) is 5.08. The Bertz CT molecular complexity index is 933. The Morgan fingerprint density at radius 2 is 2.22 bits per heavy atom. The van der Waals surface area contributed by atoms with Gasteiger partial charge in [0.15, 0.2) is 5.82 Å². The molecule has 0 unspecified atom stereocenters. The topological polar surface area (TPSA) is 94.6 Å². The van der Waals surface area contributed by atoms with Crippen LogP contribution < -0.4 is 0 Å². The summed E-state index contributed by atoms with van der Waals surface area (Å²) in [5.41, 5.74) is 1.27. The molecule has 3 aromatic heterocycles. The van der Waals surface area contributed by atoms with Gasteiger partial charge < -0.3 is 9.47 Å². The van der Waals surface area contributed by atoms with Gasteiger partial charge in [-0.05, 0) is 25.8 Å². The highest BCUT2D eigenvalue weighted by molar-refractivity contribution is 5.95. The Labute approximate surface area is 157 Å². The van der Waals surface area contributed by atoms with Gasteiger partial charge in [0.25, 0.3) is 5.91 Å². The van der Waals surface area contributed by atoms with Crippen LogP contribution in [0.25, 0.3) is 0 Å². The summed E-state index contributed by atoms with van der Waals surface area (Å²) in [5, 5.41) is 13.0. The van der Waals surface area contributed by atoms with Crippen molar-refractivity contribution in [2.24, 2.45) is 7.05 Å². The quantitative estimate of drug-likeness (QED) is 0.688. The minimum absolute atomic E-state index is 0.0169. The van der Waals surface area contributed by atoms with Crippen molar-refractivity contribution in [1.82, 2.24) is 39.4 Å². The molecule has 0 spiro atoms. The number of aromatic nitrogens is 7. The number of carbonyl (C=O) groups is 1. The molecule has 0 bridgehead atoms. The van der Waals surface area contributed by atoms with E-state index in [4.69, 9.17) is 0 Å². The van der Waals surface area contributed by atoms with Crippen molar-refractivity contribution in [1.29, 1.82) is 0 Å². The SMILES string of the molecule is Cc1ncncc1C(=O)N1CCC[C@H](c2nnc(Cn3cccn3)n2C)C1. The fraction of sp³-hybridized carbons (Fsp3) is 0.444. The van der Waals surface area contributed by atoms with Crippen molar-refractivity contribution >= 4 is 5.91 Å². The number of carbonyl (C=O) groups excluding carboxylic acids is 1. The van der Waals surface area contributed by atoms with Crippen molar-refractivity contribution in [2.45, 2.75) is 32.2 Å². The van der Waals surface area contributed by atoms with Crippen molar-refractivity contribution in [2.75, 3.05) is 13.1 Å². The first-order valence-corrected chi connectivity index (χ1v) is 9.05. The van der Waals surface area contributed by atoms with E-state index in [0.717, 1.165) is 31.0 Å². The molecule has 9 heteroatoms. The van der Waals surface area contributed by atoms with Crippen LogP contribution in [0.15, 0.2) is 31.0 Å². The van der Waals surface area contributed by atoms with Crippen molar-refractivity contribution < 1.29 is 4.79 Å². The molecule has 1 aliphatic heterocycles. The van der Waals surface area contributed by atoms with E-state index in [9.17, 15) is 4.79 Å². The fourth-order valence-electron chi connectivity index (χ4n) is 3.55. The average molecular weight is 366 g/mol. The van der Waals surface area contributed by atoms with E-state index in [-0.39, 0.29) is 11.8 Å². The van der Waals surface area contributed by atoms with Gasteiger partial charge in [-0.1, -0.05) is 0 Å². The van der Waals surface area contributed by atoms with E-state index in [0.29, 0.717) is 24.3 Å². The smallest absolute Gasteiger partial charge is 0.257 e. The summed E-state index contributed by atoms with van der Waals surface area (Å²) in [6.07, 6.45) is 8.63. The lowest BCUT2D eigenvalue weighted by Gasteiger charge is -2.32. The highest BCUT2D eigenvalue weighted by atomic mass is 16.2. The van der Waals surface area contributed by atoms with Crippen molar-refractivity contribution in [3.63, 3.8) is 0 Å². The zero-order valence-electron chi connectivity index (χ0n) is 15.5. The summed E-state index contributed by atoms with van der Waals surface area (Å²) >= 11 is 0. The number of hydrogen-bond donors (Lipinski definition) is 0. The molecule has 1 fully saturated rings. The molecular weight excluding hydrogens is 344 g/mol. The van der Waals surface area contributed by atoms with Gasteiger partial charge in [-0.25, -0.2) is 9.97 Å². The summed E-state index contributed by atoms with van der Waals surface area (Å²) in [6, 6.07) is 1.89. The second-order valence-corrected chi connectivity index (χ2v) is 6.85. The van der Waals surface area contributed by atoms with Gasteiger partial charge in [-0.15, -0.1) is 10.2 Å². The minimum Gasteiger partial charge on any atom is -0.338 e. The summed E-state index contributed by atoms with van der Waals surface area (Å²) in [4.78, 5) is 22.9. The first-order valence-electron chi connectivity index (χ1n) is 9.05. The number of rotatable bonds is 4. The van der Waals surface area contributed by atoms with E-state index in [1.54, 1.807) is 12.4 Å². The van der Waals surface area contributed by atoms with Crippen LogP contribution in [0, 0.1) is 6.92 Å². The predicted molar refractivity (Wildman–Crippen MR) is 97.0 cm³/mol. The molecule has 1 atom stereocenters. The Morgan fingerprint density at radius 1 is 1.33 bits per heavy atom. The van der Waals surface area contributed by atoms with Gasteiger partial charge in [-0.2, -0.15) is 5.10 Å². The number of hydrogen-bond acceptors (Lipinski definition) is 6. The van der Waals surface area contributed by atoms with Crippen LogP contribution in [0.1, 0.15) is 46.5 Å². The van der Waals surface area contributed by atoms with Crippen LogP contribution >= 0.6 is 0 Å². The molecule has 4 heterocycles. The summed E-state index contributed by atoms with van der Waals surface area (Å²) in [6.45, 7) is 3.77. The third kappa shape index (κ3) is 3.44. The normalized spacial score (nSPS) is 17.3. The van der Waals surface area contributed by atoms with Gasteiger partial charge in [0.2, 0.25) is 0 Å². The molecule has 1 amide bonds. The average Bonchev–Trinajstić information content (AvgIpc) is 3.32. The van der Waals surface area contributed by atoms with Crippen molar-refractivity contribution in [3.8, 4) is 0 Å². The third-order valence-electron chi connectivity index (χ3n) is 5.08. The lowest BCUT2D eigenvalue weighted by atomic mass is 9.96. The molecule has 0 radical (unpaired) electrons. The van der Waals surface area contributed by atoms with E-state index >= 15 is 0 Å². The van der Waals surface area contributed by atoms with Gasteiger partial charge in [0.1, 0.15) is 18.7 Å². The molecule has 140 valence electrons. The first kappa shape index (κ1) is 17.3. The molecule has 0 saturated carbocycles. The Kier molecular flexibility index (Phi) is 4.66. The highest BCUT2D eigenvalue weighted by Crippen LogP contribution is 2.27. The largest absolute Gasteiger partial charge is 0.338 e. The van der Waals surface area contributed by atoms with Crippen LogP contribution in [0.3, 0.4) is 0 Å². The number of likely N-dealkylation sites (tertiary alicyclic amines) is 1. The zero-order chi connectivity index (χ0) is 18.8. The summed E-state index contributed by atoms with van der Waals surface area (Å²) in [7, 11) is 1.98. The maximum absolute atomic E-state index is 12.9. The molecular formula is C18H22N8O. The van der Waals surface area contributed by atoms with Crippen LogP contribution in [0.4, 0.5) is 0 Å². The fourth-order valence-corrected chi connectivity index (χ4v) is 3.55. The maximum atomic E-state index is 12.9. The second kappa shape index (κ2) is 7.26. The number of amides is 1. The lowest BCUT2D eigenvalue weighted by Crippen LogP contribution is -2.40. The number of nitrogens with zero attached hydrogens (tertiary/aromatic N) is 8. The van der Waals surface area contributed by atoms with Gasteiger partial charge in [-0.3, -0.25) is 9.48 Å². The molecule has 1 saturated heterocycles. The number of piperidine rings is 1. The molecule has 0 aliphatic carbocycles. The molecule has 3 aromatic rings. The van der Waals surface area contributed by atoms with Gasteiger partial charge in [0, 0.05) is 44.6 Å². The van der Waals surface area contributed by atoms with Crippen LogP contribution in [0.2, 0.25) is 0 Å². The lowest BCUT2D eigenvalue weighted by molar-refractivity contribution is 0.0701. The molecule has 0 N–H and O–H groups in total. The first-order chi connectivity index (χ1) is 13.1. The van der Waals surface area contributed by atoms with E-state index in [1.165, 1.54) is 6.33 Å². The van der Waals surface area contributed by atoms with E-state index < -0.39 is 0 Å². The maximum Gasteiger partial charge on any atom is 0.257 e. The minimum atomic E-state index is -0.0169. The monoisotopic (exact) mass is 366 g/mol. The molecule has 4 rings (SSSR count). The van der Waals surface area contributed by atoms with E-state index in [1.807, 2.05) is 40.4 Å². The standard InChI is InChI=1S/C18H22N8O/c1-13-15(9-19-12-20-13)18(27)25-7-3-5-14(10-25)17-23-22-16(24(17)2)11-26-8-4-6-21-26/h4,6,8-9,12,14H,3,5,7,10-11H2,1-2H3/t14-/m0/s1. The molecule has 27 heavy (non-hydrogen) atoms. The van der Waals surface area contributed by atoms with Crippen molar-refractivity contribution in [3.05, 3.63) is 53.9 Å². The summed E-state index contributed by atoms with van der Waals surface area (Å²) < 4.78 is 3.85. The van der Waals surface area contributed by atoms with Gasteiger partial charge in [0.05, 0.1) is 11.3 Å². The summed E-state index contributed by atoms with van der Waals surface area (Å²) in [5.74, 6) is 1.91. The molecule has 0 aromatic carbocycles. The molecule has 1 aliphatic rings. The van der Waals surface area contributed by atoms with Crippen LogP contribution in [0.5, 0.6) is 0 Å². The van der Waals surface area contributed by atoms with E-state index in [2.05, 4.69) is 25.3 Å². The Hall–Kier alpha value is -3.10. The Morgan fingerprint density at radius 3 is 3.00 bits per heavy atom. The zero-order valence-corrected chi connectivity index (χ0v) is 15.5. The Balaban J connectivity index is 1.51. The second-order valence-electron chi connectivity index (χ2n) is 6.85. The predicted octanol–water partition coefficient (Wildman–Crippen LogP) is 1.18. The number of aryl methyl sites for hydroxylation is 1. The van der Waals surface area contributed by atoms with Crippen LogP contribution in [-0.4, -0.2) is 58.4 Å². The van der Waals surface area contributed by atoms with Crippen LogP contribution in [-0.2, 0) is 13.6 Å². The molecule has 9 nitrogen and oxygen atoms in total. The highest BCUT2D eigenvalue weighted by Gasteiger charge is 2.29. The van der Waals surface area contributed by atoms with Gasteiger partial charge >= 0.3 is 0 Å².